The molecule has 1 heterocycles. The molecule has 0 spiro atoms. The van der Waals surface area contributed by atoms with E-state index in [9.17, 15) is 13.2 Å². The molecule has 0 aromatic carbocycles. The van der Waals surface area contributed by atoms with E-state index < -0.39 is 15.4 Å². The summed E-state index contributed by atoms with van der Waals surface area (Å²) in [5.74, 6) is 0. The third-order valence-electron chi connectivity index (χ3n) is 3.58. The molecule has 0 bridgehead atoms. The number of hydrogen-bond acceptors (Lipinski definition) is 4. The van der Waals surface area contributed by atoms with Gasteiger partial charge in [0.1, 0.15) is 5.60 Å². The van der Waals surface area contributed by atoms with Crippen molar-refractivity contribution in [1.82, 2.24) is 4.90 Å². The van der Waals surface area contributed by atoms with Gasteiger partial charge in [-0.2, -0.15) is 0 Å². The molecule has 118 valence electrons. The van der Waals surface area contributed by atoms with Crippen molar-refractivity contribution >= 4 is 15.9 Å². The van der Waals surface area contributed by atoms with Gasteiger partial charge in [-0.1, -0.05) is 0 Å². The molecule has 1 fully saturated rings. The van der Waals surface area contributed by atoms with Gasteiger partial charge in [-0.3, -0.25) is 0 Å². The Balaban J connectivity index is 2.72. The van der Waals surface area contributed by atoms with Gasteiger partial charge in [-0.25, -0.2) is 13.2 Å². The molecule has 6 heteroatoms. The van der Waals surface area contributed by atoms with Crippen molar-refractivity contribution in [3.8, 4) is 0 Å². The van der Waals surface area contributed by atoms with Crippen molar-refractivity contribution in [1.29, 1.82) is 0 Å². The average molecular weight is 305 g/mol. The molecular weight excluding hydrogens is 278 g/mol. The normalized spacial score (nSPS) is 24.9. The molecule has 0 saturated carbocycles. The van der Waals surface area contributed by atoms with Crippen LogP contribution < -0.4 is 0 Å². The predicted octanol–water partition coefficient (Wildman–Crippen LogP) is 2.60. The summed E-state index contributed by atoms with van der Waals surface area (Å²) in [6, 6.07) is -0.114. The van der Waals surface area contributed by atoms with Crippen LogP contribution in [0.4, 0.5) is 4.79 Å². The summed E-state index contributed by atoms with van der Waals surface area (Å²) in [6.45, 7) is 11.2. The van der Waals surface area contributed by atoms with Crippen LogP contribution in [0.15, 0.2) is 0 Å². The van der Waals surface area contributed by atoms with Crippen LogP contribution in [0, 0.1) is 0 Å². The smallest absolute Gasteiger partial charge is 0.410 e. The standard InChI is InChI=1S/C14H27NO4S/c1-10(2)20(17,18)12-7-8-15(11(3)9-12)13(16)19-14(4,5)6/h10-12H,7-9H2,1-6H3/t11-,12-/m0/s1. The highest BCUT2D eigenvalue weighted by Crippen LogP contribution is 2.26. The maximum Gasteiger partial charge on any atom is 0.410 e. The maximum absolute atomic E-state index is 12.2. The molecule has 1 amide bonds. The van der Waals surface area contributed by atoms with Crippen molar-refractivity contribution in [2.75, 3.05) is 6.54 Å². The van der Waals surface area contributed by atoms with Crippen molar-refractivity contribution < 1.29 is 17.9 Å². The molecule has 1 saturated heterocycles. The highest BCUT2D eigenvalue weighted by molar-refractivity contribution is 7.92. The number of likely N-dealkylation sites (tertiary alicyclic amines) is 1. The summed E-state index contributed by atoms with van der Waals surface area (Å²) >= 11 is 0. The Morgan fingerprint density at radius 2 is 1.85 bits per heavy atom. The second-order valence-electron chi connectivity index (χ2n) is 6.81. The van der Waals surface area contributed by atoms with Crippen LogP contribution in [0.1, 0.15) is 54.4 Å². The van der Waals surface area contributed by atoms with Crippen LogP contribution in [0.3, 0.4) is 0 Å². The Morgan fingerprint density at radius 3 is 2.25 bits per heavy atom. The Labute approximate surface area is 122 Å². The van der Waals surface area contributed by atoms with E-state index in [0.717, 1.165) is 0 Å². The quantitative estimate of drug-likeness (QED) is 0.786. The average Bonchev–Trinajstić information content (AvgIpc) is 2.25. The van der Waals surface area contributed by atoms with Crippen LogP contribution >= 0.6 is 0 Å². The van der Waals surface area contributed by atoms with Crippen molar-refractivity contribution in [2.24, 2.45) is 0 Å². The van der Waals surface area contributed by atoms with Crippen molar-refractivity contribution in [2.45, 2.75) is 76.5 Å². The van der Waals surface area contributed by atoms with Gasteiger partial charge in [0.15, 0.2) is 9.84 Å². The molecule has 20 heavy (non-hydrogen) atoms. The Morgan fingerprint density at radius 1 is 1.30 bits per heavy atom. The summed E-state index contributed by atoms with van der Waals surface area (Å²) < 4.78 is 29.8. The van der Waals surface area contributed by atoms with Crippen LogP contribution in [0.2, 0.25) is 0 Å². The number of carbonyl (C=O) groups is 1. The molecule has 0 radical (unpaired) electrons. The highest BCUT2D eigenvalue weighted by atomic mass is 32.2. The van der Waals surface area contributed by atoms with Gasteiger partial charge < -0.3 is 9.64 Å². The number of piperidine rings is 1. The van der Waals surface area contributed by atoms with Crippen molar-refractivity contribution in [3.05, 3.63) is 0 Å². The largest absolute Gasteiger partial charge is 0.444 e. The molecule has 5 nitrogen and oxygen atoms in total. The first-order valence-electron chi connectivity index (χ1n) is 7.17. The lowest BCUT2D eigenvalue weighted by Crippen LogP contribution is -2.50. The van der Waals surface area contributed by atoms with Gasteiger partial charge in [-0.05, 0) is 54.4 Å². The van der Waals surface area contributed by atoms with Gasteiger partial charge in [0.25, 0.3) is 0 Å². The summed E-state index contributed by atoms with van der Waals surface area (Å²) in [5, 5.41) is -0.719. The fourth-order valence-electron chi connectivity index (χ4n) is 2.40. The third-order valence-corrected chi connectivity index (χ3v) is 6.25. The van der Waals surface area contributed by atoms with Gasteiger partial charge in [-0.15, -0.1) is 0 Å². The Kier molecular flexibility index (Phi) is 5.11. The highest BCUT2D eigenvalue weighted by Gasteiger charge is 2.38. The lowest BCUT2D eigenvalue weighted by Gasteiger charge is -2.38. The lowest BCUT2D eigenvalue weighted by atomic mass is 10.0. The van der Waals surface area contributed by atoms with E-state index in [0.29, 0.717) is 19.4 Å². The minimum Gasteiger partial charge on any atom is -0.444 e. The molecule has 1 rings (SSSR count). The van der Waals surface area contributed by atoms with Gasteiger partial charge >= 0.3 is 6.09 Å². The summed E-state index contributed by atoms with van der Waals surface area (Å²) in [5.41, 5.74) is -0.530. The fraction of sp³-hybridized carbons (Fsp3) is 0.929. The number of carbonyl (C=O) groups excluding carboxylic acids is 1. The Hall–Kier alpha value is -0.780. The number of amides is 1. The number of nitrogens with zero attached hydrogens (tertiary/aromatic N) is 1. The molecular formula is C14H27NO4S. The van der Waals surface area contributed by atoms with E-state index in [-0.39, 0.29) is 22.6 Å². The molecule has 0 N–H and O–H groups in total. The Bertz CT molecular complexity index is 450. The van der Waals surface area contributed by atoms with Crippen LogP contribution in [-0.4, -0.2) is 48.1 Å². The van der Waals surface area contributed by atoms with E-state index in [4.69, 9.17) is 4.74 Å². The van der Waals surface area contributed by atoms with Gasteiger partial charge in [0.05, 0.1) is 10.5 Å². The molecule has 2 atom stereocenters. The molecule has 0 unspecified atom stereocenters. The van der Waals surface area contributed by atoms with E-state index >= 15 is 0 Å². The first kappa shape index (κ1) is 17.3. The molecule has 0 aliphatic carbocycles. The van der Waals surface area contributed by atoms with Crippen molar-refractivity contribution in [3.63, 3.8) is 0 Å². The second-order valence-corrected chi connectivity index (χ2v) is 9.59. The number of sulfone groups is 1. The molecule has 0 aromatic heterocycles. The first-order valence-corrected chi connectivity index (χ1v) is 8.78. The second kappa shape index (κ2) is 5.92. The van der Waals surface area contributed by atoms with Crippen LogP contribution in [-0.2, 0) is 14.6 Å². The topological polar surface area (TPSA) is 63.7 Å². The zero-order valence-corrected chi connectivity index (χ0v) is 14.2. The first-order chi connectivity index (χ1) is 8.95. The third kappa shape index (κ3) is 4.11. The number of ether oxygens (including phenoxy) is 1. The van der Waals surface area contributed by atoms with E-state index in [1.54, 1.807) is 18.7 Å². The number of rotatable bonds is 2. The maximum atomic E-state index is 12.2. The molecule has 1 aliphatic heterocycles. The van der Waals surface area contributed by atoms with E-state index in [2.05, 4.69) is 0 Å². The summed E-state index contributed by atoms with van der Waals surface area (Å²) in [6.07, 6.45) is 0.620. The summed E-state index contributed by atoms with van der Waals surface area (Å²) in [4.78, 5) is 13.7. The van der Waals surface area contributed by atoms with Crippen LogP contribution in [0.25, 0.3) is 0 Å². The monoisotopic (exact) mass is 305 g/mol. The van der Waals surface area contributed by atoms with Gasteiger partial charge in [0.2, 0.25) is 0 Å². The predicted molar refractivity (Wildman–Crippen MR) is 79.5 cm³/mol. The fourth-order valence-corrected chi connectivity index (χ4v) is 4.15. The van der Waals surface area contributed by atoms with Crippen LogP contribution in [0.5, 0.6) is 0 Å². The zero-order valence-electron chi connectivity index (χ0n) is 13.3. The summed E-state index contributed by atoms with van der Waals surface area (Å²) in [7, 11) is -3.10. The minimum atomic E-state index is -3.10. The van der Waals surface area contributed by atoms with E-state index in [1.807, 2.05) is 27.7 Å². The molecule has 1 aliphatic rings. The number of hydrogen-bond donors (Lipinski definition) is 0. The molecule has 0 aromatic rings. The van der Waals surface area contributed by atoms with Gasteiger partial charge in [0, 0.05) is 12.6 Å². The lowest BCUT2D eigenvalue weighted by molar-refractivity contribution is 0.0123. The van der Waals surface area contributed by atoms with E-state index in [1.165, 1.54) is 0 Å². The zero-order chi connectivity index (χ0) is 15.7. The SMILES string of the molecule is CC(C)S(=O)(=O)[C@H]1CCN(C(=O)OC(C)(C)C)[C@@H](C)C1. The minimum absolute atomic E-state index is 0.114.